The number of nitrogens with one attached hydrogen (secondary N) is 1. The van der Waals surface area contributed by atoms with Gasteiger partial charge in [-0.15, -0.1) is 0 Å². The van der Waals surface area contributed by atoms with Crippen LogP contribution in [0.1, 0.15) is 51.1 Å². The van der Waals surface area contributed by atoms with Crippen LogP contribution in [0.25, 0.3) is 0 Å². The predicted molar refractivity (Wildman–Crippen MR) is 116 cm³/mol. The van der Waals surface area contributed by atoms with Crippen molar-refractivity contribution in [1.82, 2.24) is 10.2 Å². The summed E-state index contributed by atoms with van der Waals surface area (Å²) in [5.41, 5.74) is 5.53. The average Bonchev–Trinajstić information content (AvgIpc) is 3.35. The lowest BCUT2D eigenvalue weighted by molar-refractivity contribution is -0.201. The Balaban J connectivity index is 1.49. The first kappa shape index (κ1) is 25.2. The van der Waals surface area contributed by atoms with E-state index < -0.39 is 66.4 Å². The topological polar surface area (TPSA) is 97.0 Å². The minimum Gasteiger partial charge on any atom is -0.480 e. The summed E-state index contributed by atoms with van der Waals surface area (Å²) in [6.07, 6.45) is -6.39. The lowest BCUT2D eigenvalue weighted by Crippen LogP contribution is -2.52. The molecule has 1 aromatic carbocycles. The number of nitrogens with zero attached hydrogens (tertiary/aromatic N) is 2. The highest BCUT2D eigenvalue weighted by atomic mass is 19.4. The number of aliphatic imine (C=N–C) groups is 1. The Hall–Kier alpha value is -2.92. The number of ether oxygens (including phenoxy) is 1. The molecule has 3 N–H and O–H groups in total. The number of benzene rings is 1. The van der Waals surface area contributed by atoms with Crippen molar-refractivity contribution in [3.63, 3.8) is 0 Å². The number of rotatable bonds is 6. The molecule has 1 fully saturated rings. The van der Waals surface area contributed by atoms with Crippen molar-refractivity contribution < 1.29 is 36.3 Å². The molecule has 2 heterocycles. The van der Waals surface area contributed by atoms with Gasteiger partial charge in [0.15, 0.2) is 12.1 Å². The third-order valence-electron chi connectivity index (χ3n) is 7.28. The highest BCUT2D eigenvalue weighted by Gasteiger charge is 2.72. The maximum atomic E-state index is 14.6. The van der Waals surface area contributed by atoms with Crippen LogP contribution in [0.3, 0.4) is 0 Å². The number of guanidine groups is 1. The van der Waals surface area contributed by atoms with Crippen LogP contribution in [0.4, 0.5) is 22.0 Å². The number of hydrogen-bond donors (Lipinski definition) is 2. The Labute approximate surface area is 198 Å². The summed E-state index contributed by atoms with van der Waals surface area (Å²) >= 11 is 0. The highest BCUT2D eigenvalue weighted by molar-refractivity contribution is 5.99. The summed E-state index contributed by atoms with van der Waals surface area (Å²) in [7, 11) is 0. The van der Waals surface area contributed by atoms with E-state index in [1.54, 1.807) is 6.07 Å². The zero-order valence-corrected chi connectivity index (χ0v) is 19.2. The Morgan fingerprint density at radius 2 is 1.91 bits per heavy atom. The van der Waals surface area contributed by atoms with Crippen molar-refractivity contribution >= 4 is 17.8 Å². The molecule has 0 saturated heterocycles. The van der Waals surface area contributed by atoms with Crippen molar-refractivity contribution in [2.75, 3.05) is 6.54 Å². The molecule has 1 aliphatic carbocycles. The molecule has 3 aliphatic rings. The number of nitrogens with two attached hydrogens (primary N) is 1. The van der Waals surface area contributed by atoms with Gasteiger partial charge in [0.05, 0.1) is 23.9 Å². The van der Waals surface area contributed by atoms with Gasteiger partial charge in [-0.2, -0.15) is 13.2 Å². The van der Waals surface area contributed by atoms with Crippen molar-refractivity contribution in [1.29, 1.82) is 0 Å². The summed E-state index contributed by atoms with van der Waals surface area (Å²) in [5.74, 6) is -8.53. The molecule has 2 amide bonds. The molecule has 4 rings (SSSR count). The summed E-state index contributed by atoms with van der Waals surface area (Å²) in [4.78, 5) is 30.8. The molecule has 2 aliphatic heterocycles. The highest BCUT2D eigenvalue weighted by Crippen LogP contribution is 2.56. The molecule has 0 aromatic heterocycles. The summed E-state index contributed by atoms with van der Waals surface area (Å²) in [6.45, 7) is 3.21. The van der Waals surface area contributed by atoms with E-state index in [1.165, 1.54) is 18.2 Å². The second-order valence-electron chi connectivity index (χ2n) is 9.32. The lowest BCUT2D eigenvalue weighted by atomic mass is 9.88. The first-order valence-corrected chi connectivity index (χ1v) is 11.5. The van der Waals surface area contributed by atoms with E-state index in [4.69, 9.17) is 10.5 Å². The molecule has 0 bridgehead atoms. The fourth-order valence-corrected chi connectivity index (χ4v) is 4.89. The van der Waals surface area contributed by atoms with Crippen LogP contribution in [0, 0.1) is 11.8 Å². The molecule has 192 valence electrons. The van der Waals surface area contributed by atoms with Gasteiger partial charge in [0.2, 0.25) is 11.8 Å². The standard InChI is InChI=1S/C23H27F5N4O3/c1-3-21(4-2)10-17(33)32(20(29)31-21)11-13-18(22(13,24)25)19(34)30-14-9-16(23(26,27)28)35-15-8-6-5-7-12(14)15/h5-8,13-14,16,18H,3-4,9-11H2,1-2H3,(H2,29,31)(H,30,34)/t13?,14-,16?,18?/m0/s1. The van der Waals surface area contributed by atoms with E-state index in [1.807, 2.05) is 13.8 Å². The predicted octanol–water partition coefficient (Wildman–Crippen LogP) is 3.54. The summed E-state index contributed by atoms with van der Waals surface area (Å²) in [5, 5.41) is 2.35. The molecule has 7 nitrogen and oxygen atoms in total. The molecule has 0 spiro atoms. The lowest BCUT2D eigenvalue weighted by Gasteiger charge is -2.36. The number of alkyl halides is 5. The maximum Gasteiger partial charge on any atom is 0.425 e. The minimum absolute atomic E-state index is 0.0214. The van der Waals surface area contributed by atoms with Crippen LogP contribution in [-0.4, -0.2) is 53.0 Å². The molecule has 12 heteroatoms. The van der Waals surface area contributed by atoms with Gasteiger partial charge in [-0.1, -0.05) is 32.0 Å². The maximum absolute atomic E-state index is 14.6. The SMILES string of the molecule is CCC1(CC)CC(=O)N(CC2C(C(=O)N[C@H]3CC(C(F)(F)F)Oc4ccccc43)C2(F)F)C(N)=N1. The zero-order valence-electron chi connectivity index (χ0n) is 19.2. The Bertz CT molecular complexity index is 1040. The second kappa shape index (κ2) is 8.63. The molecule has 0 radical (unpaired) electrons. The van der Waals surface area contributed by atoms with Gasteiger partial charge in [0.25, 0.3) is 5.92 Å². The van der Waals surface area contributed by atoms with E-state index in [2.05, 4.69) is 10.3 Å². The number of carbonyl (C=O) groups excluding carboxylic acids is 2. The Morgan fingerprint density at radius 3 is 2.51 bits per heavy atom. The fourth-order valence-electron chi connectivity index (χ4n) is 4.89. The van der Waals surface area contributed by atoms with Crippen LogP contribution in [0.2, 0.25) is 0 Å². The van der Waals surface area contributed by atoms with Gasteiger partial charge >= 0.3 is 6.18 Å². The van der Waals surface area contributed by atoms with Gasteiger partial charge < -0.3 is 15.8 Å². The van der Waals surface area contributed by atoms with Crippen molar-refractivity contribution in [2.45, 2.75) is 69.3 Å². The van der Waals surface area contributed by atoms with Crippen molar-refractivity contribution in [3.8, 4) is 5.75 Å². The summed E-state index contributed by atoms with van der Waals surface area (Å²) in [6, 6.07) is 4.69. The zero-order chi connectivity index (χ0) is 25.8. The minimum atomic E-state index is -4.69. The monoisotopic (exact) mass is 502 g/mol. The van der Waals surface area contributed by atoms with Gasteiger partial charge in [0, 0.05) is 18.5 Å². The van der Waals surface area contributed by atoms with Crippen molar-refractivity contribution in [3.05, 3.63) is 29.8 Å². The van der Waals surface area contributed by atoms with Crippen molar-refractivity contribution in [2.24, 2.45) is 22.6 Å². The Morgan fingerprint density at radius 1 is 1.26 bits per heavy atom. The molecule has 1 saturated carbocycles. The van der Waals surface area contributed by atoms with Crippen LogP contribution >= 0.6 is 0 Å². The number of hydrogen-bond acceptors (Lipinski definition) is 5. The van der Waals surface area contributed by atoms with E-state index in [9.17, 15) is 31.5 Å². The molecule has 1 aromatic rings. The van der Waals surface area contributed by atoms with Crippen LogP contribution in [-0.2, 0) is 9.59 Å². The van der Waals surface area contributed by atoms with E-state index in [0.29, 0.717) is 12.8 Å². The molecule has 4 atom stereocenters. The van der Waals surface area contributed by atoms with Gasteiger partial charge in [0.1, 0.15) is 11.7 Å². The van der Waals surface area contributed by atoms with E-state index in [-0.39, 0.29) is 23.7 Å². The second-order valence-corrected chi connectivity index (χ2v) is 9.32. The number of carbonyl (C=O) groups is 2. The normalized spacial score (nSPS) is 29.1. The van der Waals surface area contributed by atoms with Gasteiger partial charge in [-0.05, 0) is 18.9 Å². The van der Waals surface area contributed by atoms with Crippen LogP contribution < -0.4 is 15.8 Å². The molecule has 3 unspecified atom stereocenters. The number of amides is 2. The average molecular weight is 502 g/mol. The van der Waals surface area contributed by atoms with Crippen LogP contribution in [0.15, 0.2) is 29.3 Å². The van der Waals surface area contributed by atoms with Gasteiger partial charge in [-0.25, -0.2) is 13.8 Å². The van der Waals surface area contributed by atoms with E-state index >= 15 is 0 Å². The Kier molecular flexibility index (Phi) is 6.21. The van der Waals surface area contributed by atoms with Gasteiger partial charge in [-0.3, -0.25) is 14.5 Å². The molecular weight excluding hydrogens is 475 g/mol. The smallest absolute Gasteiger partial charge is 0.425 e. The number of fused-ring (bicyclic) bond motifs is 1. The van der Waals surface area contributed by atoms with Crippen LogP contribution in [0.5, 0.6) is 5.75 Å². The fraction of sp³-hybridized carbons (Fsp3) is 0.609. The number of halogens is 5. The first-order chi connectivity index (χ1) is 16.3. The molecule has 35 heavy (non-hydrogen) atoms. The van der Waals surface area contributed by atoms with E-state index in [0.717, 1.165) is 4.90 Å². The third-order valence-corrected chi connectivity index (χ3v) is 7.28. The largest absolute Gasteiger partial charge is 0.480 e. The summed E-state index contributed by atoms with van der Waals surface area (Å²) < 4.78 is 74.3. The molecular formula is C23H27F5N4O3. The first-order valence-electron chi connectivity index (χ1n) is 11.5. The number of para-hydroxylation sites is 1. The third kappa shape index (κ3) is 4.54. The quantitative estimate of drug-likeness (QED) is 0.582.